The minimum atomic E-state index is -0.359. The first-order chi connectivity index (χ1) is 11.8. The van der Waals surface area contributed by atoms with Crippen LogP contribution in [-0.4, -0.2) is 54.3 Å². The SMILES string of the molecule is Cc1ccc(C(=O)N2CCC3(CCCN(C)C3C(N)=O)CC2)cc1F. The molecule has 1 unspecified atom stereocenters. The zero-order valence-electron chi connectivity index (χ0n) is 14.9. The lowest BCUT2D eigenvalue weighted by Crippen LogP contribution is -2.60. The van der Waals surface area contributed by atoms with Gasteiger partial charge in [0.05, 0.1) is 6.04 Å². The molecule has 136 valence electrons. The number of benzene rings is 1. The summed E-state index contributed by atoms with van der Waals surface area (Å²) in [4.78, 5) is 28.5. The molecular weight excluding hydrogens is 321 g/mol. The predicted octanol–water partition coefficient (Wildman–Crippen LogP) is 1.94. The number of piperidine rings is 2. The van der Waals surface area contributed by atoms with Gasteiger partial charge in [0.25, 0.3) is 5.91 Å². The Balaban J connectivity index is 1.73. The van der Waals surface area contributed by atoms with Gasteiger partial charge in [0.1, 0.15) is 5.82 Å². The minimum absolute atomic E-state index is 0.145. The van der Waals surface area contributed by atoms with Crippen molar-refractivity contribution < 1.29 is 14.0 Å². The van der Waals surface area contributed by atoms with Crippen molar-refractivity contribution in [3.63, 3.8) is 0 Å². The molecule has 2 fully saturated rings. The van der Waals surface area contributed by atoms with Gasteiger partial charge in [-0.25, -0.2) is 4.39 Å². The average Bonchev–Trinajstić information content (AvgIpc) is 2.57. The zero-order valence-corrected chi connectivity index (χ0v) is 14.9. The molecule has 2 heterocycles. The quantitative estimate of drug-likeness (QED) is 0.889. The first-order valence-corrected chi connectivity index (χ1v) is 8.89. The molecule has 5 nitrogen and oxygen atoms in total. The van der Waals surface area contributed by atoms with E-state index in [0.717, 1.165) is 32.2 Å². The number of amides is 2. The first-order valence-electron chi connectivity index (χ1n) is 8.89. The molecule has 1 aromatic carbocycles. The van der Waals surface area contributed by atoms with Gasteiger partial charge < -0.3 is 10.6 Å². The fourth-order valence-electron chi connectivity index (χ4n) is 4.52. The number of aryl methyl sites for hydroxylation is 1. The Kier molecular flexibility index (Phi) is 4.82. The van der Waals surface area contributed by atoms with E-state index >= 15 is 0 Å². The molecule has 1 aromatic rings. The van der Waals surface area contributed by atoms with Crippen LogP contribution in [0.1, 0.15) is 41.6 Å². The lowest BCUT2D eigenvalue weighted by molar-refractivity contribution is -0.132. The van der Waals surface area contributed by atoms with Crippen LogP contribution < -0.4 is 5.73 Å². The maximum absolute atomic E-state index is 13.7. The normalized spacial score (nSPS) is 23.6. The van der Waals surface area contributed by atoms with E-state index in [9.17, 15) is 14.0 Å². The molecule has 0 aliphatic carbocycles. The number of hydrogen-bond donors (Lipinski definition) is 1. The van der Waals surface area contributed by atoms with E-state index < -0.39 is 0 Å². The van der Waals surface area contributed by atoms with Gasteiger partial charge in [-0.2, -0.15) is 0 Å². The highest BCUT2D eigenvalue weighted by molar-refractivity contribution is 5.94. The highest BCUT2D eigenvalue weighted by Gasteiger charge is 2.48. The summed E-state index contributed by atoms with van der Waals surface area (Å²) in [5.74, 6) is -0.779. The molecule has 2 aliphatic heterocycles. The molecule has 2 amide bonds. The lowest BCUT2D eigenvalue weighted by atomic mass is 9.66. The fraction of sp³-hybridized carbons (Fsp3) is 0.579. The van der Waals surface area contributed by atoms with Crippen molar-refractivity contribution in [3.8, 4) is 0 Å². The van der Waals surface area contributed by atoms with Crippen molar-refractivity contribution in [1.82, 2.24) is 9.80 Å². The van der Waals surface area contributed by atoms with Gasteiger partial charge in [0, 0.05) is 18.7 Å². The average molecular weight is 347 g/mol. The summed E-state index contributed by atoms with van der Waals surface area (Å²) in [6.07, 6.45) is 3.51. The van der Waals surface area contributed by atoms with E-state index in [0.29, 0.717) is 24.2 Å². The van der Waals surface area contributed by atoms with Crippen molar-refractivity contribution in [2.45, 2.75) is 38.6 Å². The Morgan fingerprint density at radius 1 is 1.20 bits per heavy atom. The molecule has 6 heteroatoms. The van der Waals surface area contributed by atoms with Crippen molar-refractivity contribution in [2.24, 2.45) is 11.1 Å². The summed E-state index contributed by atoms with van der Waals surface area (Å²) in [6, 6.07) is 4.34. The summed E-state index contributed by atoms with van der Waals surface area (Å²) in [5, 5.41) is 0. The molecule has 2 N–H and O–H groups in total. The molecule has 2 saturated heterocycles. The standard InChI is InChI=1S/C19H26FN3O2/c1-13-4-5-14(12-15(13)20)18(25)23-10-7-19(8-11-23)6-3-9-22(2)16(19)17(21)24/h4-5,12,16H,3,6-11H2,1-2H3,(H2,21,24). The van der Waals surface area contributed by atoms with Crippen LogP contribution in [0.5, 0.6) is 0 Å². The topological polar surface area (TPSA) is 66.6 Å². The lowest BCUT2D eigenvalue weighted by Gasteiger charge is -2.51. The van der Waals surface area contributed by atoms with Crippen molar-refractivity contribution >= 4 is 11.8 Å². The summed E-state index contributed by atoms with van der Waals surface area (Å²) < 4.78 is 13.7. The van der Waals surface area contributed by atoms with E-state index in [1.807, 2.05) is 7.05 Å². The van der Waals surface area contributed by atoms with E-state index in [-0.39, 0.29) is 29.1 Å². The second-order valence-electron chi connectivity index (χ2n) is 7.51. The highest BCUT2D eigenvalue weighted by Crippen LogP contribution is 2.44. The first kappa shape index (κ1) is 17.9. The van der Waals surface area contributed by atoms with Crippen LogP contribution in [0.25, 0.3) is 0 Å². The van der Waals surface area contributed by atoms with Gasteiger partial charge in [-0.3, -0.25) is 14.5 Å². The number of likely N-dealkylation sites (N-methyl/N-ethyl adjacent to an activating group) is 1. The summed E-state index contributed by atoms with van der Waals surface area (Å²) in [6.45, 7) is 3.70. The Morgan fingerprint density at radius 3 is 2.48 bits per heavy atom. The Morgan fingerprint density at radius 2 is 1.88 bits per heavy atom. The smallest absolute Gasteiger partial charge is 0.253 e. The molecule has 0 saturated carbocycles. The largest absolute Gasteiger partial charge is 0.368 e. The minimum Gasteiger partial charge on any atom is -0.368 e. The molecular formula is C19H26FN3O2. The van der Waals surface area contributed by atoms with Crippen LogP contribution in [0, 0.1) is 18.2 Å². The molecule has 2 aliphatic rings. The Labute approximate surface area is 148 Å². The molecule has 1 atom stereocenters. The van der Waals surface area contributed by atoms with Gasteiger partial charge in [-0.1, -0.05) is 6.07 Å². The monoisotopic (exact) mass is 347 g/mol. The third-order valence-electron chi connectivity index (χ3n) is 5.94. The number of carbonyl (C=O) groups excluding carboxylic acids is 2. The van der Waals surface area contributed by atoms with Crippen LogP contribution in [-0.2, 0) is 4.79 Å². The molecule has 0 aromatic heterocycles. The summed E-state index contributed by atoms with van der Waals surface area (Å²) in [7, 11) is 1.95. The maximum Gasteiger partial charge on any atom is 0.253 e. The van der Waals surface area contributed by atoms with E-state index in [2.05, 4.69) is 4.90 Å². The third-order valence-corrected chi connectivity index (χ3v) is 5.94. The zero-order chi connectivity index (χ0) is 18.2. The number of nitrogens with zero attached hydrogens (tertiary/aromatic N) is 2. The summed E-state index contributed by atoms with van der Waals surface area (Å²) in [5.41, 5.74) is 6.44. The van der Waals surface area contributed by atoms with E-state index in [1.54, 1.807) is 24.0 Å². The third kappa shape index (κ3) is 3.27. The van der Waals surface area contributed by atoms with Crippen LogP contribution in [0.2, 0.25) is 0 Å². The molecule has 0 radical (unpaired) electrons. The second kappa shape index (κ2) is 6.75. The van der Waals surface area contributed by atoms with Gasteiger partial charge in [0.15, 0.2) is 0 Å². The number of hydrogen-bond acceptors (Lipinski definition) is 3. The van der Waals surface area contributed by atoms with Gasteiger partial charge >= 0.3 is 0 Å². The predicted molar refractivity (Wildman–Crippen MR) is 93.6 cm³/mol. The van der Waals surface area contributed by atoms with Crippen LogP contribution >= 0.6 is 0 Å². The van der Waals surface area contributed by atoms with E-state index in [4.69, 9.17) is 5.73 Å². The second-order valence-corrected chi connectivity index (χ2v) is 7.51. The van der Waals surface area contributed by atoms with E-state index in [1.165, 1.54) is 6.07 Å². The molecule has 1 spiro atoms. The maximum atomic E-state index is 13.7. The van der Waals surface area contributed by atoms with Crippen molar-refractivity contribution in [1.29, 1.82) is 0 Å². The van der Waals surface area contributed by atoms with Gasteiger partial charge in [-0.05, 0) is 69.3 Å². The Hall–Kier alpha value is -1.95. The number of likely N-dealkylation sites (tertiary alicyclic amines) is 2. The van der Waals surface area contributed by atoms with Crippen LogP contribution in [0.15, 0.2) is 18.2 Å². The van der Waals surface area contributed by atoms with Gasteiger partial charge in [-0.15, -0.1) is 0 Å². The number of rotatable bonds is 2. The summed E-state index contributed by atoms with van der Waals surface area (Å²) >= 11 is 0. The molecule has 0 bridgehead atoms. The Bertz CT molecular complexity index is 683. The van der Waals surface area contributed by atoms with Crippen molar-refractivity contribution in [2.75, 3.05) is 26.7 Å². The van der Waals surface area contributed by atoms with Gasteiger partial charge in [0.2, 0.25) is 5.91 Å². The van der Waals surface area contributed by atoms with Crippen molar-refractivity contribution in [3.05, 3.63) is 35.1 Å². The number of carbonyl (C=O) groups is 2. The number of primary amides is 1. The highest BCUT2D eigenvalue weighted by atomic mass is 19.1. The van der Waals surface area contributed by atoms with Crippen LogP contribution in [0.4, 0.5) is 4.39 Å². The molecule has 3 rings (SSSR count). The number of nitrogens with two attached hydrogens (primary N) is 1. The van der Waals surface area contributed by atoms with Crippen LogP contribution in [0.3, 0.4) is 0 Å². The fourth-order valence-corrected chi connectivity index (χ4v) is 4.52. The number of halogens is 1. The molecule has 25 heavy (non-hydrogen) atoms.